The van der Waals surface area contributed by atoms with Crippen molar-refractivity contribution in [1.82, 2.24) is 0 Å². The molecule has 0 fully saturated rings. The number of hydrogen-bond donors (Lipinski definition) is 0. The van der Waals surface area contributed by atoms with Crippen LogP contribution in [0.15, 0.2) is 12.1 Å². The van der Waals surface area contributed by atoms with E-state index in [2.05, 4.69) is 0 Å². The van der Waals surface area contributed by atoms with Crippen molar-refractivity contribution in [2.45, 2.75) is 25.9 Å². The average Bonchev–Trinajstić information content (AvgIpc) is 2.49. The van der Waals surface area contributed by atoms with Crippen molar-refractivity contribution in [3.63, 3.8) is 0 Å². The molecule has 130 valence electrons. The maximum atomic E-state index is 13.3. The second-order valence-electron chi connectivity index (χ2n) is 4.77. The van der Waals surface area contributed by atoms with Gasteiger partial charge in [-0.25, -0.2) is 0 Å². The predicted molar refractivity (Wildman–Crippen MR) is 77.5 cm³/mol. The van der Waals surface area contributed by atoms with E-state index in [9.17, 15) is 33.4 Å². The Balaban J connectivity index is 3.72. The summed E-state index contributed by atoms with van der Waals surface area (Å²) in [7, 11) is 0. The molecule has 0 saturated carbocycles. The summed E-state index contributed by atoms with van der Waals surface area (Å²) in [6.45, 7) is 1.53. The van der Waals surface area contributed by atoms with Crippen molar-refractivity contribution in [3.05, 3.63) is 37.9 Å². The molecule has 0 aliphatic rings. The molecule has 0 heterocycles. The molecule has 0 bridgehead atoms. The number of nitriles is 1. The maximum absolute atomic E-state index is 13.3. The zero-order chi connectivity index (χ0) is 18.5. The van der Waals surface area contributed by atoms with Crippen molar-refractivity contribution < 1.29 is 23.0 Å². The Morgan fingerprint density at radius 1 is 1.21 bits per heavy atom. The lowest BCUT2D eigenvalue weighted by molar-refractivity contribution is -0.394. The van der Waals surface area contributed by atoms with Crippen molar-refractivity contribution in [2.24, 2.45) is 0 Å². The molecule has 1 rings (SSSR count). The highest BCUT2D eigenvalue weighted by Crippen LogP contribution is 2.44. The molecule has 0 unspecified atom stereocenters. The molecule has 24 heavy (non-hydrogen) atoms. The second kappa shape index (κ2) is 7.58. The van der Waals surface area contributed by atoms with Gasteiger partial charge in [-0.3, -0.25) is 20.2 Å². The summed E-state index contributed by atoms with van der Waals surface area (Å²) in [6.07, 6.45) is -4.80. The van der Waals surface area contributed by atoms with E-state index in [1.807, 2.05) is 0 Å². The van der Waals surface area contributed by atoms with Gasteiger partial charge in [0.15, 0.2) is 0 Å². The van der Waals surface area contributed by atoms with Crippen LogP contribution >= 0.6 is 0 Å². The molecule has 11 heteroatoms. The van der Waals surface area contributed by atoms with Crippen LogP contribution in [0.5, 0.6) is 0 Å². The van der Waals surface area contributed by atoms with Crippen LogP contribution in [0.25, 0.3) is 0 Å². The average molecular weight is 346 g/mol. The lowest BCUT2D eigenvalue weighted by atomic mass is 10.1. The number of halogens is 3. The predicted octanol–water partition coefficient (Wildman–Crippen LogP) is 3.65. The van der Waals surface area contributed by atoms with Gasteiger partial charge < -0.3 is 4.90 Å². The fourth-order valence-corrected chi connectivity index (χ4v) is 2.19. The van der Waals surface area contributed by atoms with Gasteiger partial charge in [0.2, 0.25) is 0 Å². The van der Waals surface area contributed by atoms with Crippen LogP contribution in [-0.4, -0.2) is 22.9 Å². The zero-order valence-corrected chi connectivity index (χ0v) is 12.5. The summed E-state index contributed by atoms with van der Waals surface area (Å²) < 4.78 is 40.0. The molecule has 0 aliphatic carbocycles. The number of nitro groups is 2. The van der Waals surface area contributed by atoms with Gasteiger partial charge in [0.05, 0.1) is 34.0 Å². The molecule has 0 aliphatic heterocycles. The van der Waals surface area contributed by atoms with Crippen LogP contribution < -0.4 is 4.90 Å². The van der Waals surface area contributed by atoms with Crippen molar-refractivity contribution in [2.75, 3.05) is 18.0 Å². The maximum Gasteiger partial charge on any atom is 0.418 e. The molecule has 0 spiro atoms. The molecule has 0 radical (unpaired) electrons. The van der Waals surface area contributed by atoms with Crippen LogP contribution in [0.3, 0.4) is 0 Å². The smallest absolute Gasteiger partial charge is 0.364 e. The SMILES string of the molecule is CCCN(CCC#N)c1c([N+](=O)[O-])cc([N+](=O)[O-])cc1C(F)(F)F. The molecule has 1 aromatic carbocycles. The van der Waals surface area contributed by atoms with E-state index >= 15 is 0 Å². The largest absolute Gasteiger partial charge is 0.418 e. The van der Waals surface area contributed by atoms with Gasteiger partial charge in [0.1, 0.15) is 5.69 Å². The third-order valence-electron chi connectivity index (χ3n) is 3.09. The molecule has 0 amide bonds. The van der Waals surface area contributed by atoms with Crippen LogP contribution in [0.2, 0.25) is 0 Å². The number of anilines is 1. The molecule has 0 atom stereocenters. The number of rotatable bonds is 7. The first kappa shape index (κ1) is 19.1. The Kier molecular flexibility index (Phi) is 6.05. The number of nitro benzene ring substituents is 2. The number of alkyl halides is 3. The van der Waals surface area contributed by atoms with Gasteiger partial charge >= 0.3 is 6.18 Å². The minimum atomic E-state index is -5.02. The highest BCUT2D eigenvalue weighted by Gasteiger charge is 2.41. The third-order valence-corrected chi connectivity index (χ3v) is 3.09. The van der Waals surface area contributed by atoms with E-state index in [1.54, 1.807) is 13.0 Å². The Morgan fingerprint density at radius 3 is 2.25 bits per heavy atom. The third kappa shape index (κ3) is 4.31. The highest BCUT2D eigenvalue weighted by atomic mass is 19.4. The minimum absolute atomic E-state index is 0.0312. The first-order valence-electron chi connectivity index (χ1n) is 6.79. The van der Waals surface area contributed by atoms with Crippen LogP contribution in [0.4, 0.5) is 30.2 Å². The van der Waals surface area contributed by atoms with E-state index in [1.165, 1.54) is 0 Å². The molecular formula is C13H13F3N4O4. The van der Waals surface area contributed by atoms with Crippen molar-refractivity contribution >= 4 is 17.1 Å². The van der Waals surface area contributed by atoms with Crippen LogP contribution in [0.1, 0.15) is 25.3 Å². The van der Waals surface area contributed by atoms with Gasteiger partial charge in [-0.05, 0) is 6.42 Å². The standard InChI is InChI=1S/C13H13F3N4O4/c1-2-5-18(6-3-4-17)12-10(13(14,15)16)7-9(19(21)22)8-11(12)20(23)24/h7-8H,2-3,5-6H2,1H3. The number of benzene rings is 1. The van der Waals surface area contributed by atoms with Gasteiger partial charge in [-0.2, -0.15) is 18.4 Å². The quantitative estimate of drug-likeness (QED) is 0.550. The summed E-state index contributed by atoms with van der Waals surface area (Å²) in [5.41, 5.74) is -4.25. The summed E-state index contributed by atoms with van der Waals surface area (Å²) in [5, 5.41) is 30.6. The second-order valence-corrected chi connectivity index (χ2v) is 4.77. The highest BCUT2D eigenvalue weighted by molar-refractivity contribution is 5.72. The normalized spacial score (nSPS) is 11.0. The Labute approximate surface area is 134 Å². The molecule has 0 saturated heterocycles. The number of non-ortho nitro benzene ring substituents is 1. The van der Waals surface area contributed by atoms with E-state index in [0.29, 0.717) is 12.5 Å². The van der Waals surface area contributed by atoms with Crippen LogP contribution in [-0.2, 0) is 6.18 Å². The van der Waals surface area contributed by atoms with E-state index in [-0.39, 0.29) is 25.6 Å². The van der Waals surface area contributed by atoms with E-state index in [0.717, 1.165) is 4.90 Å². The van der Waals surface area contributed by atoms with Crippen molar-refractivity contribution in [3.8, 4) is 6.07 Å². The van der Waals surface area contributed by atoms with Crippen molar-refractivity contribution in [1.29, 1.82) is 5.26 Å². The molecule has 0 aromatic heterocycles. The lowest BCUT2D eigenvalue weighted by Crippen LogP contribution is -2.28. The first-order chi connectivity index (χ1) is 11.1. The number of hydrogen-bond acceptors (Lipinski definition) is 6. The fourth-order valence-electron chi connectivity index (χ4n) is 2.19. The monoisotopic (exact) mass is 346 g/mol. The summed E-state index contributed by atoms with van der Waals surface area (Å²) in [5.74, 6) is 0. The molecule has 1 aromatic rings. The molecular weight excluding hydrogens is 333 g/mol. The minimum Gasteiger partial charge on any atom is -0.364 e. The van der Waals surface area contributed by atoms with Gasteiger partial charge in [-0.1, -0.05) is 6.92 Å². The number of nitrogens with zero attached hydrogens (tertiary/aromatic N) is 4. The van der Waals surface area contributed by atoms with E-state index < -0.39 is 38.6 Å². The lowest BCUT2D eigenvalue weighted by Gasteiger charge is -2.26. The van der Waals surface area contributed by atoms with Gasteiger partial charge in [0.25, 0.3) is 11.4 Å². The molecule has 0 N–H and O–H groups in total. The Hall–Kier alpha value is -2.90. The first-order valence-corrected chi connectivity index (χ1v) is 6.79. The topological polar surface area (TPSA) is 113 Å². The van der Waals surface area contributed by atoms with E-state index in [4.69, 9.17) is 5.26 Å². The zero-order valence-electron chi connectivity index (χ0n) is 12.5. The summed E-state index contributed by atoms with van der Waals surface area (Å²) in [4.78, 5) is 20.8. The Morgan fingerprint density at radius 2 is 1.83 bits per heavy atom. The summed E-state index contributed by atoms with van der Waals surface area (Å²) >= 11 is 0. The Bertz CT molecular complexity index is 685. The van der Waals surface area contributed by atoms with Crippen LogP contribution in [0, 0.1) is 31.6 Å². The van der Waals surface area contributed by atoms with Gasteiger partial charge in [-0.15, -0.1) is 0 Å². The summed E-state index contributed by atoms with van der Waals surface area (Å²) in [6, 6.07) is 2.54. The van der Waals surface area contributed by atoms with Gasteiger partial charge in [0, 0.05) is 19.2 Å². The molecule has 8 nitrogen and oxygen atoms in total. The fraction of sp³-hybridized carbons (Fsp3) is 0.462.